The fraction of sp³-hybridized carbons (Fsp3) is 0.667. The molecule has 3 unspecified atom stereocenters. The van der Waals surface area contributed by atoms with Crippen LogP contribution in [0.1, 0.15) is 68.6 Å². The molecule has 122 valence electrons. The van der Waals surface area contributed by atoms with E-state index in [-0.39, 0.29) is 11.5 Å². The highest BCUT2D eigenvalue weighted by molar-refractivity contribution is 5.46. The van der Waals surface area contributed by atoms with Gasteiger partial charge in [-0.2, -0.15) is 5.26 Å². The molecule has 3 aliphatic carbocycles. The van der Waals surface area contributed by atoms with Crippen LogP contribution in [-0.2, 0) is 6.42 Å². The molecule has 0 saturated heterocycles. The van der Waals surface area contributed by atoms with E-state index in [4.69, 9.17) is 0 Å². The average molecular weight is 309 g/mol. The van der Waals surface area contributed by atoms with E-state index in [2.05, 4.69) is 32.0 Å². The highest BCUT2D eigenvalue weighted by Crippen LogP contribution is 2.62. The number of nitriles is 1. The lowest BCUT2D eigenvalue weighted by molar-refractivity contribution is -0.0329. The lowest BCUT2D eigenvalue weighted by Gasteiger charge is -2.50. The molecule has 2 nitrogen and oxygen atoms in total. The van der Waals surface area contributed by atoms with Crippen molar-refractivity contribution < 1.29 is 5.11 Å². The van der Waals surface area contributed by atoms with Gasteiger partial charge in [-0.1, -0.05) is 32.4 Å². The van der Waals surface area contributed by atoms with Gasteiger partial charge in [0.1, 0.15) is 0 Å². The van der Waals surface area contributed by atoms with Crippen LogP contribution in [0.4, 0.5) is 0 Å². The molecule has 1 N–H and O–H groups in total. The molecule has 1 aromatic rings. The number of nitrogens with zero attached hydrogens (tertiary/aromatic N) is 1. The third-order valence-corrected chi connectivity index (χ3v) is 7.54. The molecule has 3 aliphatic rings. The lowest BCUT2D eigenvalue weighted by Crippen LogP contribution is -2.44. The van der Waals surface area contributed by atoms with E-state index in [1.54, 1.807) is 0 Å². The number of aliphatic hydroxyl groups is 1. The second kappa shape index (κ2) is 5.35. The molecule has 0 radical (unpaired) electrons. The number of benzene rings is 1. The van der Waals surface area contributed by atoms with Crippen LogP contribution < -0.4 is 0 Å². The first-order valence-electron chi connectivity index (χ1n) is 9.30. The van der Waals surface area contributed by atoms with Crippen LogP contribution in [0.15, 0.2) is 18.2 Å². The Labute approximate surface area is 139 Å². The summed E-state index contributed by atoms with van der Waals surface area (Å²) in [6.07, 6.45) is 6.71. The van der Waals surface area contributed by atoms with Gasteiger partial charge in [0.25, 0.3) is 0 Å². The van der Waals surface area contributed by atoms with E-state index in [9.17, 15) is 10.4 Å². The van der Waals surface area contributed by atoms with Crippen molar-refractivity contribution in [1.82, 2.24) is 0 Å². The first-order chi connectivity index (χ1) is 11.1. The van der Waals surface area contributed by atoms with Crippen LogP contribution in [0.5, 0.6) is 0 Å². The quantitative estimate of drug-likeness (QED) is 0.835. The SMILES string of the molecule is CC[C@@H]1CC2C3CCc4c(C#N)cccc4C3CC[C@]2(C)[C@H]1O. The molecule has 6 atom stereocenters. The molecule has 1 aromatic carbocycles. The lowest BCUT2D eigenvalue weighted by atomic mass is 9.55. The maximum atomic E-state index is 10.9. The molecule has 0 aromatic heterocycles. The molecule has 0 bridgehead atoms. The molecule has 0 aliphatic heterocycles. The summed E-state index contributed by atoms with van der Waals surface area (Å²) in [5, 5.41) is 20.3. The summed E-state index contributed by atoms with van der Waals surface area (Å²) in [4.78, 5) is 0. The van der Waals surface area contributed by atoms with Crippen molar-refractivity contribution in [1.29, 1.82) is 5.26 Å². The van der Waals surface area contributed by atoms with Gasteiger partial charge in [-0.25, -0.2) is 0 Å². The number of hydrogen-bond donors (Lipinski definition) is 1. The second-order valence-corrected chi connectivity index (χ2v) is 8.29. The average Bonchev–Trinajstić information content (AvgIpc) is 2.85. The topological polar surface area (TPSA) is 44.0 Å². The normalized spacial score (nSPS) is 41.6. The zero-order valence-electron chi connectivity index (χ0n) is 14.3. The minimum absolute atomic E-state index is 0.117. The predicted octanol–water partition coefficient (Wildman–Crippen LogP) is 4.41. The third-order valence-electron chi connectivity index (χ3n) is 7.54. The minimum Gasteiger partial charge on any atom is -0.392 e. The van der Waals surface area contributed by atoms with Gasteiger partial charge < -0.3 is 5.11 Å². The third kappa shape index (κ3) is 2.02. The highest BCUT2D eigenvalue weighted by atomic mass is 16.3. The Morgan fingerprint density at radius 1 is 1.35 bits per heavy atom. The Hall–Kier alpha value is -1.33. The summed E-state index contributed by atoms with van der Waals surface area (Å²) >= 11 is 0. The number of aliphatic hydroxyl groups excluding tert-OH is 1. The van der Waals surface area contributed by atoms with E-state index >= 15 is 0 Å². The Balaban J connectivity index is 1.72. The van der Waals surface area contributed by atoms with Crippen molar-refractivity contribution >= 4 is 0 Å². The van der Waals surface area contributed by atoms with E-state index in [1.165, 1.54) is 30.4 Å². The van der Waals surface area contributed by atoms with Crippen molar-refractivity contribution in [2.45, 2.75) is 64.4 Å². The molecule has 0 spiro atoms. The number of hydrogen-bond acceptors (Lipinski definition) is 2. The monoisotopic (exact) mass is 309 g/mol. The van der Waals surface area contributed by atoms with E-state index in [0.29, 0.717) is 23.7 Å². The van der Waals surface area contributed by atoms with E-state index < -0.39 is 0 Å². The van der Waals surface area contributed by atoms with Gasteiger partial charge in [0.2, 0.25) is 0 Å². The molecular weight excluding hydrogens is 282 g/mol. The van der Waals surface area contributed by atoms with Gasteiger partial charge in [-0.05, 0) is 78.4 Å². The van der Waals surface area contributed by atoms with Gasteiger partial charge in [0.05, 0.1) is 17.7 Å². The van der Waals surface area contributed by atoms with E-state index in [1.807, 2.05) is 6.07 Å². The summed E-state index contributed by atoms with van der Waals surface area (Å²) in [7, 11) is 0. The second-order valence-electron chi connectivity index (χ2n) is 8.29. The van der Waals surface area contributed by atoms with Crippen LogP contribution in [0.3, 0.4) is 0 Å². The van der Waals surface area contributed by atoms with Crippen LogP contribution in [-0.4, -0.2) is 11.2 Å². The van der Waals surface area contributed by atoms with Crippen molar-refractivity contribution in [3.05, 3.63) is 34.9 Å². The van der Waals surface area contributed by atoms with Crippen molar-refractivity contribution in [3.63, 3.8) is 0 Å². The molecule has 2 saturated carbocycles. The summed E-state index contributed by atoms with van der Waals surface area (Å²) in [5.74, 6) is 2.44. The molecule has 23 heavy (non-hydrogen) atoms. The standard InChI is InChI=1S/C21H27NO/c1-3-13-11-19-18-8-7-15-14(12-22)5-4-6-16(15)17(18)9-10-21(19,2)20(13)23/h4-6,13,17-20,23H,3,7-11H2,1-2H3/t13-,17?,18?,19?,20+,21+/m1/s1. The van der Waals surface area contributed by atoms with Gasteiger partial charge in [-0.15, -0.1) is 0 Å². The molecular formula is C21H27NO. The summed E-state index contributed by atoms with van der Waals surface area (Å²) in [6.45, 7) is 4.57. The molecule has 0 heterocycles. The van der Waals surface area contributed by atoms with Crippen LogP contribution in [0.25, 0.3) is 0 Å². The fourth-order valence-electron chi connectivity index (χ4n) is 6.27. The maximum absolute atomic E-state index is 10.9. The van der Waals surface area contributed by atoms with Crippen molar-refractivity contribution in [2.75, 3.05) is 0 Å². The molecule has 2 heteroatoms. The first-order valence-corrected chi connectivity index (χ1v) is 9.30. The first kappa shape index (κ1) is 15.2. The highest BCUT2D eigenvalue weighted by Gasteiger charge is 2.57. The minimum atomic E-state index is -0.120. The molecule has 2 fully saturated rings. The smallest absolute Gasteiger partial charge is 0.0994 e. The Morgan fingerprint density at radius 2 is 2.17 bits per heavy atom. The zero-order chi connectivity index (χ0) is 16.2. The van der Waals surface area contributed by atoms with Gasteiger partial charge in [0.15, 0.2) is 0 Å². The van der Waals surface area contributed by atoms with Gasteiger partial charge in [-0.3, -0.25) is 0 Å². The molecule has 0 amide bonds. The zero-order valence-corrected chi connectivity index (χ0v) is 14.3. The maximum Gasteiger partial charge on any atom is 0.0994 e. The Morgan fingerprint density at radius 3 is 2.91 bits per heavy atom. The van der Waals surface area contributed by atoms with Gasteiger partial charge in [0, 0.05) is 0 Å². The Kier molecular flexibility index (Phi) is 3.54. The molecule has 4 rings (SSSR count). The van der Waals surface area contributed by atoms with Crippen molar-refractivity contribution in [3.8, 4) is 6.07 Å². The predicted molar refractivity (Wildman–Crippen MR) is 90.9 cm³/mol. The van der Waals surface area contributed by atoms with E-state index in [0.717, 1.165) is 24.8 Å². The largest absolute Gasteiger partial charge is 0.392 e. The van der Waals surface area contributed by atoms with Crippen LogP contribution >= 0.6 is 0 Å². The number of rotatable bonds is 1. The van der Waals surface area contributed by atoms with Gasteiger partial charge >= 0.3 is 0 Å². The van der Waals surface area contributed by atoms with Crippen LogP contribution in [0, 0.1) is 34.5 Å². The fourth-order valence-corrected chi connectivity index (χ4v) is 6.27. The van der Waals surface area contributed by atoms with Crippen molar-refractivity contribution in [2.24, 2.45) is 23.2 Å². The Bertz CT molecular complexity index is 660. The number of fused-ring (bicyclic) bond motifs is 5. The summed E-state index contributed by atoms with van der Waals surface area (Å²) in [6, 6.07) is 8.68. The summed E-state index contributed by atoms with van der Waals surface area (Å²) in [5.41, 5.74) is 3.75. The summed E-state index contributed by atoms with van der Waals surface area (Å²) < 4.78 is 0. The van der Waals surface area contributed by atoms with Crippen LogP contribution in [0.2, 0.25) is 0 Å².